The highest BCUT2D eigenvalue weighted by Gasteiger charge is 2.21. The maximum Gasteiger partial charge on any atom is 0.335 e. The molecular weight excluding hydrogens is 434 g/mol. The Labute approximate surface area is 194 Å². The van der Waals surface area contributed by atoms with Crippen molar-refractivity contribution in [3.8, 4) is 17.1 Å². The molecule has 4 heterocycles. The molecule has 34 heavy (non-hydrogen) atoms. The number of imidazole rings is 1. The molecule has 0 aliphatic heterocycles. The van der Waals surface area contributed by atoms with Crippen LogP contribution in [0.2, 0.25) is 0 Å². The van der Waals surface area contributed by atoms with Gasteiger partial charge < -0.3 is 4.74 Å². The number of benzene rings is 1. The number of hydrogen-bond acceptors (Lipinski definition) is 7. The second-order valence-corrected chi connectivity index (χ2v) is 8.00. The Kier molecular flexibility index (Phi) is 5.20. The van der Waals surface area contributed by atoms with Gasteiger partial charge in [0.2, 0.25) is 0 Å². The third kappa shape index (κ3) is 3.35. The standard InChI is InChI=1S/C24H23N7O3/c1-5-34-21(32)13-30-19-8-6-7-14(2)22(19)31(24(30)33)23-15(3)28-18(11-26-23)16-9-25-12-20-17(16)10-27-29(20)4/h6-12H,5,13H2,1-4H3. The zero-order valence-electron chi connectivity index (χ0n) is 19.3. The maximum absolute atomic E-state index is 13.5. The number of aryl methyl sites for hydroxylation is 3. The number of carbonyl (C=O) groups is 1. The summed E-state index contributed by atoms with van der Waals surface area (Å²) >= 11 is 0. The van der Waals surface area contributed by atoms with Crippen molar-refractivity contribution in [1.82, 2.24) is 33.9 Å². The molecule has 1 aromatic carbocycles. The largest absolute Gasteiger partial charge is 0.465 e. The molecule has 0 bridgehead atoms. The predicted octanol–water partition coefficient (Wildman–Crippen LogP) is 2.71. The average Bonchev–Trinajstić information content (AvgIpc) is 3.33. The lowest BCUT2D eigenvalue weighted by Gasteiger charge is -2.09. The maximum atomic E-state index is 13.5. The third-order valence-electron chi connectivity index (χ3n) is 5.83. The van der Waals surface area contributed by atoms with Gasteiger partial charge in [0, 0.05) is 24.2 Å². The SMILES string of the molecule is CCOC(=O)Cn1c(=O)n(-c2ncc(-c3cncc4c3cnn4C)nc2C)c2c(C)cccc21. The van der Waals surface area contributed by atoms with Crippen LogP contribution in [-0.4, -0.2) is 46.4 Å². The zero-order chi connectivity index (χ0) is 24.0. The van der Waals surface area contributed by atoms with Crippen molar-refractivity contribution >= 4 is 27.9 Å². The first-order chi connectivity index (χ1) is 16.4. The van der Waals surface area contributed by atoms with E-state index in [9.17, 15) is 9.59 Å². The van der Waals surface area contributed by atoms with Crippen LogP contribution in [0.5, 0.6) is 0 Å². The minimum atomic E-state index is -0.472. The smallest absolute Gasteiger partial charge is 0.335 e. The van der Waals surface area contributed by atoms with E-state index in [0.29, 0.717) is 28.2 Å². The van der Waals surface area contributed by atoms with Crippen LogP contribution in [0.25, 0.3) is 39.0 Å². The van der Waals surface area contributed by atoms with Gasteiger partial charge in [0.05, 0.1) is 53.1 Å². The number of esters is 1. The second kappa shape index (κ2) is 8.22. The summed E-state index contributed by atoms with van der Waals surface area (Å²) in [5.41, 5.74) is 4.71. The Morgan fingerprint density at radius 3 is 2.68 bits per heavy atom. The molecule has 0 fully saturated rings. The lowest BCUT2D eigenvalue weighted by atomic mass is 10.1. The number of carbonyl (C=O) groups excluding carboxylic acids is 1. The fraction of sp³-hybridized carbons (Fsp3) is 0.250. The van der Waals surface area contributed by atoms with Crippen LogP contribution in [0.4, 0.5) is 0 Å². The van der Waals surface area contributed by atoms with E-state index < -0.39 is 5.97 Å². The summed E-state index contributed by atoms with van der Waals surface area (Å²) in [6, 6.07) is 5.58. The molecule has 0 spiro atoms. The van der Waals surface area contributed by atoms with Crippen LogP contribution in [-0.2, 0) is 23.1 Å². The average molecular weight is 457 g/mol. The first-order valence-electron chi connectivity index (χ1n) is 10.9. The molecule has 0 saturated carbocycles. The summed E-state index contributed by atoms with van der Waals surface area (Å²) in [6.07, 6.45) is 6.88. The van der Waals surface area contributed by atoms with Gasteiger partial charge in [0.15, 0.2) is 5.82 Å². The summed E-state index contributed by atoms with van der Waals surface area (Å²) in [6.45, 7) is 5.52. The monoisotopic (exact) mass is 457 g/mol. The number of para-hydroxylation sites is 1. The van der Waals surface area contributed by atoms with Gasteiger partial charge in [-0.3, -0.25) is 19.0 Å². The van der Waals surface area contributed by atoms with E-state index in [1.807, 2.05) is 39.1 Å². The van der Waals surface area contributed by atoms with Gasteiger partial charge in [-0.25, -0.2) is 19.3 Å². The Bertz CT molecular complexity index is 1630. The minimum absolute atomic E-state index is 0.182. The summed E-state index contributed by atoms with van der Waals surface area (Å²) in [5, 5.41) is 5.22. The third-order valence-corrected chi connectivity index (χ3v) is 5.83. The Balaban J connectivity index is 1.68. The van der Waals surface area contributed by atoms with Crippen molar-refractivity contribution in [3.63, 3.8) is 0 Å². The van der Waals surface area contributed by atoms with Crippen LogP contribution in [0.15, 0.2) is 47.8 Å². The van der Waals surface area contributed by atoms with Gasteiger partial charge in [-0.1, -0.05) is 12.1 Å². The van der Waals surface area contributed by atoms with Crippen LogP contribution < -0.4 is 5.69 Å². The van der Waals surface area contributed by atoms with Crippen molar-refractivity contribution < 1.29 is 9.53 Å². The molecule has 10 heteroatoms. The molecular formula is C24H23N7O3. The summed E-state index contributed by atoms with van der Waals surface area (Å²) in [5.74, 6) is -0.0673. The van der Waals surface area contributed by atoms with Gasteiger partial charge in [-0.15, -0.1) is 0 Å². The quantitative estimate of drug-likeness (QED) is 0.373. The lowest BCUT2D eigenvalue weighted by Crippen LogP contribution is -2.28. The molecule has 0 atom stereocenters. The molecule has 0 saturated heterocycles. The number of hydrogen-bond donors (Lipinski definition) is 0. The summed E-state index contributed by atoms with van der Waals surface area (Å²) in [7, 11) is 1.86. The zero-order valence-corrected chi connectivity index (χ0v) is 19.3. The minimum Gasteiger partial charge on any atom is -0.465 e. The first kappa shape index (κ1) is 21.5. The molecule has 5 aromatic rings. The molecule has 0 aliphatic rings. The topological polar surface area (TPSA) is 110 Å². The molecule has 0 N–H and O–H groups in total. The van der Waals surface area contributed by atoms with Gasteiger partial charge in [0.1, 0.15) is 6.54 Å². The molecule has 0 amide bonds. The number of aromatic nitrogens is 7. The van der Waals surface area contributed by atoms with Crippen molar-refractivity contribution in [2.24, 2.45) is 7.05 Å². The first-order valence-corrected chi connectivity index (χ1v) is 10.9. The predicted molar refractivity (Wildman–Crippen MR) is 127 cm³/mol. The highest BCUT2D eigenvalue weighted by atomic mass is 16.5. The number of pyridine rings is 1. The van der Waals surface area contributed by atoms with E-state index in [2.05, 4.69) is 15.1 Å². The Morgan fingerprint density at radius 1 is 1.09 bits per heavy atom. The van der Waals surface area contributed by atoms with Gasteiger partial charge in [0.25, 0.3) is 0 Å². The Hall–Kier alpha value is -4.34. The fourth-order valence-electron chi connectivity index (χ4n) is 4.24. The van der Waals surface area contributed by atoms with Crippen molar-refractivity contribution in [3.05, 3.63) is 64.7 Å². The molecule has 0 radical (unpaired) electrons. The highest BCUT2D eigenvalue weighted by Crippen LogP contribution is 2.27. The van der Waals surface area contributed by atoms with Gasteiger partial charge >= 0.3 is 11.7 Å². The number of fused-ring (bicyclic) bond motifs is 2. The molecule has 172 valence electrons. The Morgan fingerprint density at radius 2 is 1.91 bits per heavy atom. The van der Waals surface area contributed by atoms with Crippen molar-refractivity contribution in [2.45, 2.75) is 27.3 Å². The van der Waals surface area contributed by atoms with Gasteiger partial charge in [-0.05, 0) is 32.4 Å². The number of nitrogens with zero attached hydrogens (tertiary/aromatic N) is 7. The fourth-order valence-corrected chi connectivity index (χ4v) is 4.24. The number of ether oxygens (including phenoxy) is 1. The van der Waals surface area contributed by atoms with E-state index in [0.717, 1.165) is 22.0 Å². The van der Waals surface area contributed by atoms with E-state index in [1.54, 1.807) is 36.4 Å². The highest BCUT2D eigenvalue weighted by molar-refractivity contribution is 5.92. The van der Waals surface area contributed by atoms with Crippen molar-refractivity contribution in [2.75, 3.05) is 6.61 Å². The molecule has 0 aliphatic carbocycles. The molecule has 0 unspecified atom stereocenters. The van der Waals surface area contributed by atoms with Crippen LogP contribution >= 0.6 is 0 Å². The van der Waals surface area contributed by atoms with Crippen LogP contribution in [0.3, 0.4) is 0 Å². The van der Waals surface area contributed by atoms with Crippen molar-refractivity contribution in [1.29, 1.82) is 0 Å². The summed E-state index contributed by atoms with van der Waals surface area (Å²) < 4.78 is 9.75. The van der Waals surface area contributed by atoms with E-state index in [4.69, 9.17) is 9.72 Å². The molecule has 5 rings (SSSR count). The molecule has 10 nitrogen and oxygen atoms in total. The molecule has 4 aromatic heterocycles. The number of rotatable bonds is 5. The lowest BCUT2D eigenvalue weighted by molar-refractivity contribution is -0.143. The van der Waals surface area contributed by atoms with E-state index in [1.165, 1.54) is 9.13 Å². The van der Waals surface area contributed by atoms with Crippen LogP contribution in [0.1, 0.15) is 18.2 Å². The van der Waals surface area contributed by atoms with E-state index >= 15 is 0 Å². The summed E-state index contributed by atoms with van der Waals surface area (Å²) in [4.78, 5) is 39.4. The normalized spacial score (nSPS) is 11.4. The van der Waals surface area contributed by atoms with E-state index in [-0.39, 0.29) is 18.8 Å². The van der Waals surface area contributed by atoms with Gasteiger partial charge in [-0.2, -0.15) is 5.10 Å². The second-order valence-electron chi connectivity index (χ2n) is 8.00. The van der Waals surface area contributed by atoms with Crippen LogP contribution in [0, 0.1) is 13.8 Å².